The average molecular weight is 247 g/mol. The molecule has 0 spiro atoms. The van der Waals surface area contributed by atoms with Crippen molar-refractivity contribution in [2.45, 2.75) is 20.0 Å². The van der Waals surface area contributed by atoms with Crippen molar-refractivity contribution in [1.82, 2.24) is 0 Å². The van der Waals surface area contributed by atoms with Gasteiger partial charge in [-0.05, 0) is 48.2 Å². The van der Waals surface area contributed by atoms with E-state index in [4.69, 9.17) is 11.6 Å². The fraction of sp³-hybridized carbons (Fsp3) is 0.200. The van der Waals surface area contributed by atoms with Crippen molar-refractivity contribution in [3.05, 3.63) is 69.7 Å². The molecule has 0 saturated heterocycles. The maximum atomic E-state index is 10.4. The van der Waals surface area contributed by atoms with E-state index in [2.05, 4.69) is 0 Å². The van der Waals surface area contributed by atoms with Crippen LogP contribution in [-0.4, -0.2) is 5.11 Å². The summed E-state index contributed by atoms with van der Waals surface area (Å²) in [4.78, 5) is 0. The second-order valence-electron chi connectivity index (χ2n) is 4.27. The molecule has 17 heavy (non-hydrogen) atoms. The molecule has 0 aliphatic heterocycles. The minimum Gasteiger partial charge on any atom is -0.384 e. The quantitative estimate of drug-likeness (QED) is 0.848. The summed E-state index contributed by atoms with van der Waals surface area (Å²) in [6.45, 7) is 3.95. The van der Waals surface area contributed by atoms with Gasteiger partial charge in [0.1, 0.15) is 6.10 Å². The van der Waals surface area contributed by atoms with Crippen LogP contribution in [0.1, 0.15) is 28.4 Å². The van der Waals surface area contributed by atoms with Crippen molar-refractivity contribution in [3.8, 4) is 0 Å². The fourth-order valence-corrected chi connectivity index (χ4v) is 2.48. The Hall–Kier alpha value is -1.31. The van der Waals surface area contributed by atoms with Gasteiger partial charge in [-0.3, -0.25) is 0 Å². The van der Waals surface area contributed by atoms with E-state index in [-0.39, 0.29) is 0 Å². The summed E-state index contributed by atoms with van der Waals surface area (Å²) in [7, 11) is 0. The third-order valence-electron chi connectivity index (χ3n) is 2.95. The van der Waals surface area contributed by atoms with Gasteiger partial charge in [0.15, 0.2) is 0 Å². The summed E-state index contributed by atoms with van der Waals surface area (Å²) in [5.41, 5.74) is 3.89. The molecule has 0 aliphatic rings. The summed E-state index contributed by atoms with van der Waals surface area (Å²) in [6.07, 6.45) is -0.589. The summed E-state index contributed by atoms with van der Waals surface area (Å²) in [5, 5.41) is 11.1. The molecule has 2 aromatic carbocycles. The van der Waals surface area contributed by atoms with E-state index in [1.807, 2.05) is 56.3 Å². The van der Waals surface area contributed by atoms with Crippen LogP contribution in [0.4, 0.5) is 0 Å². The molecule has 2 rings (SSSR count). The van der Waals surface area contributed by atoms with Gasteiger partial charge in [-0.2, -0.15) is 0 Å². The van der Waals surface area contributed by atoms with Crippen molar-refractivity contribution in [2.24, 2.45) is 0 Å². The van der Waals surface area contributed by atoms with Gasteiger partial charge in [0.2, 0.25) is 0 Å². The molecule has 88 valence electrons. The average Bonchev–Trinajstić information content (AvgIpc) is 2.28. The van der Waals surface area contributed by atoms with E-state index in [9.17, 15) is 5.11 Å². The van der Waals surface area contributed by atoms with E-state index in [0.717, 1.165) is 22.3 Å². The van der Waals surface area contributed by atoms with Crippen LogP contribution in [0.3, 0.4) is 0 Å². The number of benzene rings is 2. The van der Waals surface area contributed by atoms with Crippen LogP contribution < -0.4 is 0 Å². The van der Waals surface area contributed by atoms with Crippen molar-refractivity contribution < 1.29 is 5.11 Å². The Morgan fingerprint density at radius 3 is 2.06 bits per heavy atom. The molecule has 0 radical (unpaired) electrons. The second-order valence-corrected chi connectivity index (χ2v) is 4.70. The van der Waals surface area contributed by atoms with E-state index >= 15 is 0 Å². The summed E-state index contributed by atoms with van der Waals surface area (Å²) < 4.78 is 0. The van der Waals surface area contributed by atoms with Gasteiger partial charge in [0.05, 0.1) is 0 Å². The van der Waals surface area contributed by atoms with E-state index < -0.39 is 6.10 Å². The van der Waals surface area contributed by atoms with E-state index in [1.54, 1.807) is 0 Å². The Bertz CT molecular complexity index is 497. The lowest BCUT2D eigenvalue weighted by Crippen LogP contribution is -2.04. The van der Waals surface area contributed by atoms with Gasteiger partial charge in [-0.1, -0.05) is 41.9 Å². The Morgan fingerprint density at radius 2 is 1.53 bits per heavy atom. The maximum Gasteiger partial charge on any atom is 0.105 e. The van der Waals surface area contributed by atoms with Crippen LogP contribution in [0.15, 0.2) is 42.5 Å². The monoisotopic (exact) mass is 246 g/mol. The molecule has 1 nitrogen and oxygen atoms in total. The predicted octanol–water partition coefficient (Wildman–Crippen LogP) is 4.04. The van der Waals surface area contributed by atoms with Crippen molar-refractivity contribution in [3.63, 3.8) is 0 Å². The van der Waals surface area contributed by atoms with E-state index in [0.29, 0.717) is 5.02 Å². The molecule has 0 bridgehead atoms. The van der Waals surface area contributed by atoms with Crippen molar-refractivity contribution >= 4 is 11.6 Å². The molecule has 1 unspecified atom stereocenters. The molecule has 1 N–H and O–H groups in total. The highest BCUT2D eigenvalue weighted by atomic mass is 35.5. The Labute approximate surface area is 107 Å². The number of aliphatic hydroxyl groups is 1. The van der Waals surface area contributed by atoms with Crippen LogP contribution in [0, 0.1) is 13.8 Å². The van der Waals surface area contributed by atoms with Gasteiger partial charge in [-0.15, -0.1) is 0 Å². The Morgan fingerprint density at radius 1 is 1.00 bits per heavy atom. The second kappa shape index (κ2) is 4.91. The summed E-state index contributed by atoms with van der Waals surface area (Å²) in [5.74, 6) is 0. The lowest BCUT2D eigenvalue weighted by atomic mass is 9.93. The highest BCUT2D eigenvalue weighted by molar-refractivity contribution is 6.30. The standard InChI is InChI=1S/C15H15ClO/c1-10-8-13(16)9-11(2)14(10)15(17)12-6-4-3-5-7-12/h3-9,15,17H,1-2H3. The van der Waals surface area contributed by atoms with Gasteiger partial charge in [0, 0.05) is 5.02 Å². The number of halogens is 1. The number of rotatable bonds is 2. The van der Waals surface area contributed by atoms with Crippen molar-refractivity contribution in [2.75, 3.05) is 0 Å². The van der Waals surface area contributed by atoms with Gasteiger partial charge in [0.25, 0.3) is 0 Å². The largest absolute Gasteiger partial charge is 0.384 e. The van der Waals surface area contributed by atoms with Gasteiger partial charge < -0.3 is 5.11 Å². The van der Waals surface area contributed by atoms with Crippen LogP contribution in [-0.2, 0) is 0 Å². The lowest BCUT2D eigenvalue weighted by molar-refractivity contribution is 0.219. The molecular weight excluding hydrogens is 232 g/mol. The van der Waals surface area contributed by atoms with E-state index in [1.165, 1.54) is 0 Å². The highest BCUT2D eigenvalue weighted by Crippen LogP contribution is 2.29. The van der Waals surface area contributed by atoms with Crippen LogP contribution in [0.25, 0.3) is 0 Å². The zero-order chi connectivity index (χ0) is 12.4. The predicted molar refractivity (Wildman–Crippen MR) is 71.4 cm³/mol. The first kappa shape index (κ1) is 12.2. The topological polar surface area (TPSA) is 20.2 Å². The van der Waals surface area contributed by atoms with Gasteiger partial charge >= 0.3 is 0 Å². The number of hydrogen-bond donors (Lipinski definition) is 1. The maximum absolute atomic E-state index is 10.4. The molecule has 0 amide bonds. The minimum absolute atomic E-state index is 0.589. The minimum atomic E-state index is -0.589. The normalized spacial score (nSPS) is 12.5. The fourth-order valence-electron chi connectivity index (χ4n) is 2.16. The molecule has 0 heterocycles. The molecular formula is C15H15ClO. The smallest absolute Gasteiger partial charge is 0.105 e. The summed E-state index contributed by atoms with van der Waals surface area (Å²) in [6, 6.07) is 13.4. The van der Waals surface area contributed by atoms with Crippen LogP contribution >= 0.6 is 11.6 Å². The Kier molecular flexibility index (Phi) is 3.51. The Balaban J connectivity index is 2.48. The summed E-state index contributed by atoms with van der Waals surface area (Å²) >= 11 is 5.99. The zero-order valence-corrected chi connectivity index (χ0v) is 10.7. The molecule has 0 aliphatic carbocycles. The molecule has 1 atom stereocenters. The lowest BCUT2D eigenvalue weighted by Gasteiger charge is -2.17. The van der Waals surface area contributed by atoms with Crippen molar-refractivity contribution in [1.29, 1.82) is 0 Å². The molecule has 2 aromatic rings. The third-order valence-corrected chi connectivity index (χ3v) is 3.17. The first-order valence-corrected chi connectivity index (χ1v) is 5.97. The molecule has 0 aromatic heterocycles. The zero-order valence-electron chi connectivity index (χ0n) is 9.94. The first-order chi connectivity index (χ1) is 8.09. The third kappa shape index (κ3) is 2.51. The number of hydrogen-bond acceptors (Lipinski definition) is 1. The van der Waals surface area contributed by atoms with Crippen LogP contribution in [0.2, 0.25) is 5.02 Å². The number of aliphatic hydroxyl groups excluding tert-OH is 1. The van der Waals surface area contributed by atoms with Crippen LogP contribution in [0.5, 0.6) is 0 Å². The number of aryl methyl sites for hydroxylation is 2. The first-order valence-electron chi connectivity index (χ1n) is 5.59. The highest BCUT2D eigenvalue weighted by Gasteiger charge is 2.15. The van der Waals surface area contributed by atoms with Gasteiger partial charge in [-0.25, -0.2) is 0 Å². The molecule has 2 heteroatoms. The molecule has 0 saturated carbocycles. The SMILES string of the molecule is Cc1cc(Cl)cc(C)c1C(O)c1ccccc1. The molecule has 0 fully saturated rings.